The Hall–Kier alpha value is -2.37. The van der Waals surface area contributed by atoms with Crippen LogP contribution >= 0.6 is 0 Å². The molecule has 0 heterocycles. The molecule has 2 amide bonds. The summed E-state index contributed by atoms with van der Waals surface area (Å²) in [4.78, 5) is 35.5. The van der Waals surface area contributed by atoms with E-state index in [4.69, 9.17) is 4.74 Å². The molecule has 0 saturated heterocycles. The maximum atomic E-state index is 12.1. The minimum atomic E-state index is -0.700. The molecule has 1 aromatic carbocycles. The number of hydrogen-bond acceptors (Lipinski definition) is 4. The molecule has 0 bridgehead atoms. The van der Waals surface area contributed by atoms with E-state index in [9.17, 15) is 14.4 Å². The maximum Gasteiger partial charge on any atom is 0.407 e. The fourth-order valence-electron chi connectivity index (χ4n) is 1.99. The van der Waals surface area contributed by atoms with Gasteiger partial charge in [-0.25, -0.2) is 4.79 Å². The van der Waals surface area contributed by atoms with E-state index in [1.165, 1.54) is 0 Å². The first-order chi connectivity index (χ1) is 11.4. The fourth-order valence-corrected chi connectivity index (χ4v) is 1.99. The van der Waals surface area contributed by atoms with Crippen molar-refractivity contribution in [1.29, 1.82) is 0 Å². The molecule has 0 aliphatic heterocycles. The molecule has 0 aliphatic carbocycles. The Morgan fingerprint density at radius 1 is 0.880 bits per heavy atom. The molecular formula is C19H28N2O4. The molecule has 138 valence electrons. The Morgan fingerprint density at radius 3 is 1.88 bits per heavy atom. The average Bonchev–Trinajstić information content (AvgIpc) is 2.48. The minimum Gasteiger partial charge on any atom is -0.444 e. The normalized spacial score (nSPS) is 11.6. The summed E-state index contributed by atoms with van der Waals surface area (Å²) in [5.41, 5.74) is 0.830. The van der Waals surface area contributed by atoms with Gasteiger partial charge in [-0.05, 0) is 31.7 Å². The molecule has 25 heavy (non-hydrogen) atoms. The summed E-state index contributed by atoms with van der Waals surface area (Å²) in [7, 11) is 0. The van der Waals surface area contributed by atoms with Crippen LogP contribution in [0.25, 0.3) is 0 Å². The number of benzene rings is 1. The lowest BCUT2D eigenvalue weighted by Gasteiger charge is -2.19. The predicted molar refractivity (Wildman–Crippen MR) is 96.7 cm³/mol. The maximum absolute atomic E-state index is 12.1. The molecule has 6 heteroatoms. The second-order valence-corrected chi connectivity index (χ2v) is 7.84. The second kappa shape index (κ2) is 8.14. The third kappa shape index (κ3) is 7.37. The number of ketones is 1. The number of alkyl carbamates (subject to hydrolysis) is 1. The van der Waals surface area contributed by atoms with Crippen LogP contribution in [0.1, 0.15) is 57.5 Å². The Balaban J connectivity index is 2.45. The largest absolute Gasteiger partial charge is 0.444 e. The molecular weight excluding hydrogens is 320 g/mol. The summed E-state index contributed by atoms with van der Waals surface area (Å²) >= 11 is 0. The van der Waals surface area contributed by atoms with E-state index in [1.807, 2.05) is 12.1 Å². The Labute approximate surface area is 149 Å². The highest BCUT2D eigenvalue weighted by Gasteiger charge is 2.19. The van der Waals surface area contributed by atoms with Crippen molar-refractivity contribution in [2.45, 2.75) is 52.6 Å². The van der Waals surface area contributed by atoms with Gasteiger partial charge in [-0.3, -0.25) is 9.59 Å². The van der Waals surface area contributed by atoms with Gasteiger partial charge in [0.15, 0.2) is 0 Å². The van der Waals surface area contributed by atoms with Crippen LogP contribution in [0.2, 0.25) is 0 Å². The molecule has 0 unspecified atom stereocenters. The summed E-state index contributed by atoms with van der Waals surface area (Å²) in [6, 6.07) is 7.01. The molecule has 0 radical (unpaired) electrons. The SMILES string of the molecule is CC(C)(C)OC(=O)NCCNC(=O)C(=O)c1ccc(C(C)(C)C)cc1. The van der Waals surface area contributed by atoms with Gasteiger partial charge in [0.1, 0.15) is 5.60 Å². The van der Waals surface area contributed by atoms with Crippen LogP contribution in [0.15, 0.2) is 24.3 Å². The van der Waals surface area contributed by atoms with Crippen LogP contribution in [0.4, 0.5) is 4.79 Å². The molecule has 0 aliphatic rings. The first-order valence-electron chi connectivity index (χ1n) is 8.30. The van der Waals surface area contributed by atoms with Gasteiger partial charge in [-0.15, -0.1) is 0 Å². The highest BCUT2D eigenvalue weighted by molar-refractivity contribution is 6.42. The Kier molecular flexibility index (Phi) is 6.73. The lowest BCUT2D eigenvalue weighted by molar-refractivity contribution is -0.116. The van der Waals surface area contributed by atoms with E-state index in [0.29, 0.717) is 5.56 Å². The van der Waals surface area contributed by atoms with Crippen molar-refractivity contribution in [1.82, 2.24) is 10.6 Å². The molecule has 6 nitrogen and oxygen atoms in total. The quantitative estimate of drug-likeness (QED) is 0.487. The monoisotopic (exact) mass is 348 g/mol. The summed E-state index contributed by atoms with van der Waals surface area (Å²) in [6.45, 7) is 11.8. The van der Waals surface area contributed by atoms with Gasteiger partial charge < -0.3 is 15.4 Å². The van der Waals surface area contributed by atoms with Crippen LogP contribution in [0.3, 0.4) is 0 Å². The molecule has 1 aromatic rings. The van der Waals surface area contributed by atoms with Crippen molar-refractivity contribution < 1.29 is 19.1 Å². The zero-order valence-corrected chi connectivity index (χ0v) is 15.9. The zero-order valence-electron chi connectivity index (χ0n) is 15.9. The molecule has 2 N–H and O–H groups in total. The first-order valence-corrected chi connectivity index (χ1v) is 8.30. The minimum absolute atomic E-state index is 0.0167. The molecule has 0 aromatic heterocycles. The molecule has 0 saturated carbocycles. The number of nitrogens with one attached hydrogen (secondary N) is 2. The van der Waals surface area contributed by atoms with Gasteiger partial charge >= 0.3 is 6.09 Å². The summed E-state index contributed by atoms with van der Waals surface area (Å²) in [6.07, 6.45) is -0.564. The van der Waals surface area contributed by atoms with Gasteiger partial charge in [-0.2, -0.15) is 0 Å². The van der Waals surface area contributed by atoms with Crippen molar-refractivity contribution in [3.05, 3.63) is 35.4 Å². The number of carbonyl (C=O) groups is 3. The van der Waals surface area contributed by atoms with E-state index in [2.05, 4.69) is 31.4 Å². The van der Waals surface area contributed by atoms with E-state index in [1.54, 1.807) is 32.9 Å². The average molecular weight is 348 g/mol. The number of Topliss-reactive ketones (excluding diaryl/α,β-unsaturated/α-hetero) is 1. The van der Waals surface area contributed by atoms with Gasteiger partial charge in [0.05, 0.1) is 0 Å². The zero-order chi connectivity index (χ0) is 19.3. The second-order valence-electron chi connectivity index (χ2n) is 7.84. The van der Waals surface area contributed by atoms with Crippen molar-refractivity contribution >= 4 is 17.8 Å². The van der Waals surface area contributed by atoms with Crippen molar-refractivity contribution in [2.75, 3.05) is 13.1 Å². The lowest BCUT2D eigenvalue weighted by atomic mass is 9.86. The Morgan fingerprint density at radius 2 is 1.40 bits per heavy atom. The summed E-state index contributed by atoms with van der Waals surface area (Å²) < 4.78 is 5.07. The van der Waals surface area contributed by atoms with Crippen molar-refractivity contribution in [3.63, 3.8) is 0 Å². The lowest BCUT2D eigenvalue weighted by Crippen LogP contribution is -2.39. The molecule has 0 spiro atoms. The van der Waals surface area contributed by atoms with Gasteiger partial charge in [0.25, 0.3) is 5.91 Å². The highest BCUT2D eigenvalue weighted by Crippen LogP contribution is 2.22. The predicted octanol–water partition coefficient (Wildman–Crippen LogP) is 2.81. The standard InChI is InChI=1S/C19H28N2O4/c1-18(2,3)14-9-7-13(8-10-14)15(22)16(23)20-11-12-21-17(24)25-19(4,5)6/h7-10H,11-12H2,1-6H3,(H,20,23)(H,21,24). The van der Waals surface area contributed by atoms with E-state index in [-0.39, 0.29) is 18.5 Å². The number of rotatable bonds is 5. The molecule has 0 fully saturated rings. The van der Waals surface area contributed by atoms with Crippen LogP contribution in [0, 0.1) is 0 Å². The molecule has 1 rings (SSSR count). The summed E-state index contributed by atoms with van der Waals surface area (Å²) in [5, 5.41) is 5.00. The topological polar surface area (TPSA) is 84.5 Å². The molecule has 0 atom stereocenters. The third-order valence-electron chi connectivity index (χ3n) is 3.30. The van der Waals surface area contributed by atoms with Crippen molar-refractivity contribution in [3.8, 4) is 0 Å². The number of amides is 2. The first kappa shape index (κ1) is 20.7. The van der Waals surface area contributed by atoms with Crippen molar-refractivity contribution in [2.24, 2.45) is 0 Å². The van der Waals surface area contributed by atoms with Crippen LogP contribution < -0.4 is 10.6 Å². The van der Waals surface area contributed by atoms with Crippen LogP contribution in [-0.4, -0.2) is 36.5 Å². The Bertz CT molecular complexity index is 622. The third-order valence-corrected chi connectivity index (χ3v) is 3.30. The number of hydrogen-bond donors (Lipinski definition) is 2. The highest BCUT2D eigenvalue weighted by atomic mass is 16.6. The van der Waals surface area contributed by atoms with E-state index >= 15 is 0 Å². The smallest absolute Gasteiger partial charge is 0.407 e. The van der Waals surface area contributed by atoms with E-state index in [0.717, 1.165) is 5.56 Å². The van der Waals surface area contributed by atoms with Gasteiger partial charge in [-0.1, -0.05) is 45.0 Å². The van der Waals surface area contributed by atoms with Gasteiger partial charge in [0.2, 0.25) is 5.78 Å². The fraction of sp³-hybridized carbons (Fsp3) is 0.526. The van der Waals surface area contributed by atoms with E-state index < -0.39 is 23.4 Å². The van der Waals surface area contributed by atoms with Crippen LogP contribution in [0.5, 0.6) is 0 Å². The summed E-state index contributed by atoms with van der Waals surface area (Å²) in [5.74, 6) is -1.30. The van der Waals surface area contributed by atoms with Crippen LogP contribution in [-0.2, 0) is 14.9 Å². The van der Waals surface area contributed by atoms with Gasteiger partial charge in [0, 0.05) is 18.7 Å². The number of carbonyl (C=O) groups excluding carboxylic acids is 3. The number of ether oxygens (including phenoxy) is 1.